The van der Waals surface area contributed by atoms with Crippen LogP contribution in [0.4, 0.5) is 5.95 Å². The van der Waals surface area contributed by atoms with Crippen molar-refractivity contribution in [3.05, 3.63) is 23.2 Å². The van der Waals surface area contributed by atoms with E-state index in [9.17, 15) is 0 Å². The molecule has 4 heteroatoms. The lowest BCUT2D eigenvalue weighted by atomic mass is 9.81. The van der Waals surface area contributed by atoms with Crippen molar-refractivity contribution in [3.8, 4) is 0 Å². The standard InChI is InChI=1S/C15H21N3O/c1-9-7-12(19-2)13(10-5-3-4-6-10)14-11(9)8-17-15(16)18-14/h8-10H,3-7H2,1-2H3,(H2,16,17,18). The number of anilines is 1. The smallest absolute Gasteiger partial charge is 0.220 e. The molecule has 1 unspecified atom stereocenters. The first-order chi connectivity index (χ1) is 9.20. The summed E-state index contributed by atoms with van der Waals surface area (Å²) >= 11 is 0. The fourth-order valence-electron chi connectivity index (χ4n) is 3.44. The van der Waals surface area contributed by atoms with Gasteiger partial charge < -0.3 is 10.5 Å². The molecule has 1 heterocycles. The third kappa shape index (κ3) is 2.09. The summed E-state index contributed by atoms with van der Waals surface area (Å²) in [5.41, 5.74) is 9.34. The second-order valence-electron chi connectivity index (χ2n) is 5.66. The van der Waals surface area contributed by atoms with E-state index in [2.05, 4.69) is 16.9 Å². The maximum absolute atomic E-state index is 5.79. The van der Waals surface area contributed by atoms with Crippen LogP contribution in [-0.4, -0.2) is 17.1 Å². The molecular formula is C15H21N3O. The van der Waals surface area contributed by atoms with Crippen molar-refractivity contribution < 1.29 is 4.74 Å². The number of allylic oxidation sites excluding steroid dienone is 2. The molecule has 2 N–H and O–H groups in total. The Morgan fingerprint density at radius 2 is 2.05 bits per heavy atom. The Morgan fingerprint density at radius 1 is 1.32 bits per heavy atom. The Hall–Kier alpha value is -1.58. The number of nitrogens with zero attached hydrogens (tertiary/aromatic N) is 2. The lowest BCUT2D eigenvalue weighted by molar-refractivity contribution is 0.268. The Bertz CT molecular complexity index is 518. The van der Waals surface area contributed by atoms with Crippen molar-refractivity contribution in [2.24, 2.45) is 5.92 Å². The monoisotopic (exact) mass is 259 g/mol. The van der Waals surface area contributed by atoms with Crippen LogP contribution in [0.2, 0.25) is 0 Å². The highest BCUT2D eigenvalue weighted by atomic mass is 16.5. The van der Waals surface area contributed by atoms with Crippen LogP contribution in [0.1, 0.15) is 56.2 Å². The van der Waals surface area contributed by atoms with Crippen LogP contribution in [0, 0.1) is 5.92 Å². The summed E-state index contributed by atoms with van der Waals surface area (Å²) in [7, 11) is 1.77. The van der Waals surface area contributed by atoms with E-state index in [0.29, 0.717) is 17.8 Å². The van der Waals surface area contributed by atoms with E-state index >= 15 is 0 Å². The average molecular weight is 259 g/mol. The molecule has 0 radical (unpaired) electrons. The van der Waals surface area contributed by atoms with Gasteiger partial charge in [0.05, 0.1) is 12.8 Å². The van der Waals surface area contributed by atoms with Gasteiger partial charge >= 0.3 is 0 Å². The van der Waals surface area contributed by atoms with E-state index in [1.54, 1.807) is 7.11 Å². The first-order valence-corrected chi connectivity index (χ1v) is 7.10. The van der Waals surface area contributed by atoms with Crippen molar-refractivity contribution in [1.29, 1.82) is 0 Å². The molecule has 4 nitrogen and oxygen atoms in total. The molecule has 0 spiro atoms. The number of hydrogen-bond donors (Lipinski definition) is 1. The largest absolute Gasteiger partial charge is 0.501 e. The molecule has 1 saturated carbocycles. The minimum absolute atomic E-state index is 0.360. The number of hydrogen-bond acceptors (Lipinski definition) is 4. The van der Waals surface area contributed by atoms with Gasteiger partial charge in [-0.15, -0.1) is 0 Å². The summed E-state index contributed by atoms with van der Waals surface area (Å²) in [6, 6.07) is 0. The number of aromatic nitrogens is 2. The molecule has 0 aliphatic heterocycles. The van der Waals surface area contributed by atoms with Crippen molar-refractivity contribution in [3.63, 3.8) is 0 Å². The molecule has 0 amide bonds. The van der Waals surface area contributed by atoms with Crippen LogP contribution in [0.3, 0.4) is 0 Å². The summed E-state index contributed by atoms with van der Waals surface area (Å²) < 4.78 is 5.66. The third-order valence-electron chi connectivity index (χ3n) is 4.42. The van der Waals surface area contributed by atoms with E-state index in [4.69, 9.17) is 10.5 Å². The van der Waals surface area contributed by atoms with Crippen LogP contribution in [0.5, 0.6) is 0 Å². The predicted octanol–water partition coefficient (Wildman–Crippen LogP) is 3.11. The summed E-state index contributed by atoms with van der Waals surface area (Å²) in [6.45, 7) is 2.20. The van der Waals surface area contributed by atoms with Gasteiger partial charge in [-0.25, -0.2) is 9.97 Å². The fraction of sp³-hybridized carbons (Fsp3) is 0.600. The Labute approximate surface area is 114 Å². The second kappa shape index (κ2) is 4.83. The number of methoxy groups -OCH3 is 1. The normalized spacial score (nSPS) is 23.6. The van der Waals surface area contributed by atoms with Gasteiger partial charge in [0, 0.05) is 23.8 Å². The van der Waals surface area contributed by atoms with Crippen molar-refractivity contribution in [1.82, 2.24) is 9.97 Å². The van der Waals surface area contributed by atoms with Gasteiger partial charge in [0.1, 0.15) is 5.76 Å². The summed E-state index contributed by atoms with van der Waals surface area (Å²) in [6.07, 6.45) is 7.92. The van der Waals surface area contributed by atoms with Crippen molar-refractivity contribution in [2.75, 3.05) is 12.8 Å². The van der Waals surface area contributed by atoms with Crippen molar-refractivity contribution in [2.45, 2.75) is 44.9 Å². The molecule has 19 heavy (non-hydrogen) atoms. The van der Waals surface area contributed by atoms with E-state index in [1.165, 1.54) is 36.8 Å². The van der Waals surface area contributed by atoms with Gasteiger partial charge in [-0.2, -0.15) is 0 Å². The SMILES string of the molecule is COC1=C(C2CCCC2)c2nc(N)ncc2C(C)C1. The zero-order valence-electron chi connectivity index (χ0n) is 11.6. The highest BCUT2D eigenvalue weighted by molar-refractivity contribution is 5.72. The maximum atomic E-state index is 5.79. The Balaban J connectivity index is 2.14. The Morgan fingerprint density at radius 3 is 2.74 bits per heavy atom. The molecule has 102 valence electrons. The molecule has 1 fully saturated rings. The third-order valence-corrected chi connectivity index (χ3v) is 4.42. The molecular weight excluding hydrogens is 238 g/mol. The summed E-state index contributed by atoms with van der Waals surface area (Å²) in [5.74, 6) is 2.44. The number of nitrogens with two attached hydrogens (primary N) is 1. The molecule has 3 rings (SSSR count). The topological polar surface area (TPSA) is 61.0 Å². The van der Waals surface area contributed by atoms with Crippen molar-refractivity contribution >= 4 is 11.5 Å². The number of nitrogen functional groups attached to an aromatic ring is 1. The van der Waals surface area contributed by atoms with Gasteiger partial charge in [0.2, 0.25) is 5.95 Å². The molecule has 2 aliphatic rings. The van der Waals surface area contributed by atoms with Gasteiger partial charge in [-0.1, -0.05) is 19.8 Å². The number of fused-ring (bicyclic) bond motifs is 1. The summed E-state index contributed by atoms with van der Waals surface area (Å²) in [5, 5.41) is 0. The first-order valence-electron chi connectivity index (χ1n) is 7.10. The predicted molar refractivity (Wildman–Crippen MR) is 75.4 cm³/mol. The molecule has 0 aromatic carbocycles. The molecule has 1 atom stereocenters. The highest BCUT2D eigenvalue weighted by Gasteiger charge is 2.32. The average Bonchev–Trinajstić information content (AvgIpc) is 2.91. The molecule has 1 aromatic heterocycles. The van der Waals surface area contributed by atoms with E-state index in [1.807, 2.05) is 6.20 Å². The van der Waals surface area contributed by atoms with E-state index < -0.39 is 0 Å². The van der Waals surface area contributed by atoms with Gasteiger partial charge in [-0.05, 0) is 24.7 Å². The highest BCUT2D eigenvalue weighted by Crippen LogP contribution is 2.45. The fourth-order valence-corrected chi connectivity index (χ4v) is 3.44. The minimum Gasteiger partial charge on any atom is -0.501 e. The van der Waals surface area contributed by atoms with Crippen LogP contribution in [0.15, 0.2) is 12.0 Å². The lowest BCUT2D eigenvalue weighted by Crippen LogP contribution is -2.17. The quantitative estimate of drug-likeness (QED) is 0.886. The lowest BCUT2D eigenvalue weighted by Gasteiger charge is -2.29. The Kier molecular flexibility index (Phi) is 3.17. The van der Waals surface area contributed by atoms with Gasteiger partial charge in [0.25, 0.3) is 0 Å². The number of rotatable bonds is 2. The van der Waals surface area contributed by atoms with Crippen LogP contribution in [0.25, 0.3) is 5.57 Å². The number of ether oxygens (including phenoxy) is 1. The molecule has 1 aromatic rings. The van der Waals surface area contributed by atoms with Crippen LogP contribution < -0.4 is 5.73 Å². The zero-order valence-corrected chi connectivity index (χ0v) is 11.6. The molecule has 0 saturated heterocycles. The second-order valence-corrected chi connectivity index (χ2v) is 5.66. The first kappa shape index (κ1) is 12.5. The van der Waals surface area contributed by atoms with Gasteiger partial charge in [0.15, 0.2) is 0 Å². The van der Waals surface area contributed by atoms with E-state index in [0.717, 1.165) is 17.9 Å². The maximum Gasteiger partial charge on any atom is 0.220 e. The summed E-state index contributed by atoms with van der Waals surface area (Å²) in [4.78, 5) is 8.68. The zero-order chi connectivity index (χ0) is 13.4. The van der Waals surface area contributed by atoms with Crippen LogP contribution >= 0.6 is 0 Å². The van der Waals surface area contributed by atoms with E-state index in [-0.39, 0.29) is 0 Å². The van der Waals surface area contributed by atoms with Crippen LogP contribution in [-0.2, 0) is 4.74 Å². The minimum atomic E-state index is 0.360. The van der Waals surface area contributed by atoms with Gasteiger partial charge in [-0.3, -0.25) is 0 Å². The molecule has 2 aliphatic carbocycles. The molecule has 0 bridgehead atoms.